The summed E-state index contributed by atoms with van der Waals surface area (Å²) in [5.41, 5.74) is -5.50. The van der Waals surface area contributed by atoms with Gasteiger partial charge in [-0.3, -0.25) is 14.4 Å². The van der Waals surface area contributed by atoms with Crippen molar-refractivity contribution in [2.45, 2.75) is 96.5 Å². The lowest BCUT2D eigenvalue weighted by molar-refractivity contribution is -0.340. The van der Waals surface area contributed by atoms with Crippen molar-refractivity contribution in [3.05, 3.63) is 47.0 Å². The van der Waals surface area contributed by atoms with Crippen LogP contribution in [0.1, 0.15) is 71.2 Å². The minimum atomic E-state index is -2.01. The number of benzene rings is 1. The molecule has 222 valence electrons. The summed E-state index contributed by atoms with van der Waals surface area (Å²) in [5, 5.41) is 12.8. The van der Waals surface area contributed by atoms with E-state index in [0.717, 1.165) is 12.5 Å². The molecule has 10 heteroatoms. The zero-order valence-electron chi connectivity index (χ0n) is 24.2. The Bertz CT molecular complexity index is 1320. The maximum absolute atomic E-state index is 16.5. The van der Waals surface area contributed by atoms with Gasteiger partial charge in [-0.15, -0.1) is 0 Å². The Morgan fingerprint density at radius 1 is 1.05 bits per heavy atom. The third-order valence-electron chi connectivity index (χ3n) is 10.1. The van der Waals surface area contributed by atoms with Crippen molar-refractivity contribution in [2.75, 3.05) is 6.61 Å². The summed E-state index contributed by atoms with van der Waals surface area (Å²) in [5.74, 6) is -4.33. The molecule has 1 saturated heterocycles. The van der Waals surface area contributed by atoms with Gasteiger partial charge in [-0.2, -0.15) is 0 Å². The smallest absolute Gasteiger partial charge is 0.338 e. The van der Waals surface area contributed by atoms with E-state index in [4.69, 9.17) is 18.9 Å². The predicted octanol–water partition coefficient (Wildman–Crippen LogP) is 3.66. The van der Waals surface area contributed by atoms with E-state index in [9.17, 15) is 24.3 Å². The zero-order valence-corrected chi connectivity index (χ0v) is 24.2. The maximum atomic E-state index is 16.5. The molecule has 9 nitrogen and oxygen atoms in total. The number of fused-ring (bicyclic) bond motifs is 5. The lowest BCUT2D eigenvalue weighted by Crippen LogP contribution is -2.81. The largest absolute Gasteiger partial charge is 0.455 e. The molecule has 2 bridgehead atoms. The van der Waals surface area contributed by atoms with E-state index in [1.807, 2.05) is 0 Å². The highest BCUT2D eigenvalue weighted by Crippen LogP contribution is 2.64. The van der Waals surface area contributed by atoms with Crippen LogP contribution in [0.2, 0.25) is 0 Å². The fourth-order valence-electron chi connectivity index (χ4n) is 7.89. The molecule has 1 N–H and O–H groups in total. The highest BCUT2D eigenvalue weighted by Gasteiger charge is 2.78. The quantitative estimate of drug-likeness (QED) is 0.327. The van der Waals surface area contributed by atoms with Crippen molar-refractivity contribution < 1.29 is 47.6 Å². The van der Waals surface area contributed by atoms with E-state index < -0.39 is 76.1 Å². The predicted molar refractivity (Wildman–Crippen MR) is 142 cm³/mol. The molecular weight excluding hydrogens is 535 g/mol. The molecule has 0 radical (unpaired) electrons. The van der Waals surface area contributed by atoms with E-state index >= 15 is 4.39 Å². The first kappa shape index (κ1) is 29.4. The molecule has 1 heterocycles. The molecule has 41 heavy (non-hydrogen) atoms. The van der Waals surface area contributed by atoms with Crippen LogP contribution in [0.4, 0.5) is 4.39 Å². The number of rotatable bonds is 4. The Labute approximate surface area is 238 Å². The number of alkyl halides is 1. The number of allylic oxidation sites excluding steroid dienone is 1. The highest BCUT2D eigenvalue weighted by molar-refractivity contribution is 5.95. The van der Waals surface area contributed by atoms with Gasteiger partial charge in [0.1, 0.15) is 24.0 Å². The maximum Gasteiger partial charge on any atom is 0.338 e. The van der Waals surface area contributed by atoms with Gasteiger partial charge in [0.2, 0.25) is 0 Å². The molecule has 4 aliphatic rings. The number of aliphatic hydroxyl groups is 1. The molecule has 0 amide bonds. The van der Waals surface area contributed by atoms with Crippen LogP contribution < -0.4 is 0 Å². The molecule has 1 aliphatic heterocycles. The Hall–Kier alpha value is -3.11. The molecule has 8 unspecified atom stereocenters. The van der Waals surface area contributed by atoms with Crippen molar-refractivity contribution >= 4 is 23.7 Å². The number of carbonyl (C=O) groups is 4. The van der Waals surface area contributed by atoms with Crippen LogP contribution in [-0.2, 0) is 33.3 Å². The number of hydrogen-bond acceptors (Lipinski definition) is 9. The monoisotopic (exact) mass is 572 g/mol. The number of hydrogen-bond donors (Lipinski definition) is 1. The van der Waals surface area contributed by atoms with Crippen LogP contribution >= 0.6 is 0 Å². The van der Waals surface area contributed by atoms with Crippen molar-refractivity contribution in [3.63, 3.8) is 0 Å². The number of ketones is 1. The van der Waals surface area contributed by atoms with E-state index in [1.54, 1.807) is 51.1 Å². The van der Waals surface area contributed by atoms with Gasteiger partial charge in [0.15, 0.2) is 17.5 Å². The van der Waals surface area contributed by atoms with Crippen LogP contribution in [0.5, 0.6) is 0 Å². The minimum absolute atomic E-state index is 0.0915. The third-order valence-corrected chi connectivity index (χ3v) is 10.1. The number of ether oxygens (including phenoxy) is 4. The van der Waals surface area contributed by atoms with Gasteiger partial charge < -0.3 is 24.1 Å². The summed E-state index contributed by atoms with van der Waals surface area (Å²) < 4.78 is 40.0. The average molecular weight is 573 g/mol. The lowest BCUT2D eigenvalue weighted by atomic mass is 9.45. The van der Waals surface area contributed by atoms with Crippen LogP contribution in [0, 0.1) is 16.7 Å². The van der Waals surface area contributed by atoms with Crippen LogP contribution in [0.15, 0.2) is 41.5 Å². The summed E-state index contributed by atoms with van der Waals surface area (Å²) in [6, 6.07) is 8.14. The highest BCUT2D eigenvalue weighted by atomic mass is 19.1. The van der Waals surface area contributed by atoms with Gasteiger partial charge in [-0.05, 0) is 44.4 Å². The van der Waals surface area contributed by atoms with E-state index in [0.29, 0.717) is 12.0 Å². The Morgan fingerprint density at radius 3 is 2.27 bits per heavy atom. The second-order valence-corrected chi connectivity index (χ2v) is 12.6. The van der Waals surface area contributed by atoms with Crippen LogP contribution in [0.25, 0.3) is 0 Å². The van der Waals surface area contributed by atoms with Crippen LogP contribution in [0.3, 0.4) is 0 Å². The fourth-order valence-corrected chi connectivity index (χ4v) is 7.89. The van der Waals surface area contributed by atoms with Gasteiger partial charge in [0.25, 0.3) is 0 Å². The van der Waals surface area contributed by atoms with Crippen molar-refractivity contribution in [3.8, 4) is 0 Å². The number of Topliss-reactive ketones (excluding diaryl/α,β-unsaturated/α-hetero) is 1. The van der Waals surface area contributed by atoms with Gasteiger partial charge in [-0.25, -0.2) is 9.18 Å². The van der Waals surface area contributed by atoms with E-state index in [1.165, 1.54) is 13.8 Å². The molecule has 2 saturated carbocycles. The summed E-state index contributed by atoms with van der Waals surface area (Å²) in [6.45, 7) is 8.75. The summed E-state index contributed by atoms with van der Waals surface area (Å²) in [7, 11) is 0. The zero-order chi connectivity index (χ0) is 30.1. The van der Waals surface area contributed by atoms with Gasteiger partial charge in [-0.1, -0.05) is 37.6 Å². The molecular formula is C31H37FO9. The normalized spacial score (nSPS) is 39.2. The first-order chi connectivity index (χ1) is 19.1. The number of carbonyl (C=O) groups excluding carboxylic acids is 4. The second kappa shape index (κ2) is 9.73. The number of halogens is 1. The molecule has 5 rings (SSSR count). The SMILES string of the molecule is CC(=O)OC1C(=O)C2(C)C(F)CC3OCC3(OC(C)=O)C2C(OC(=O)c2ccccc2)C2(O)CCC(C)=C1C2(C)C. The molecule has 1 aromatic rings. The van der Waals surface area contributed by atoms with Gasteiger partial charge in [0, 0.05) is 25.7 Å². The first-order valence-electron chi connectivity index (χ1n) is 14.0. The van der Waals surface area contributed by atoms with E-state index in [2.05, 4.69) is 0 Å². The summed E-state index contributed by atoms with van der Waals surface area (Å²) >= 11 is 0. The molecule has 1 aromatic carbocycles. The summed E-state index contributed by atoms with van der Waals surface area (Å²) in [6.07, 6.45) is -5.71. The Balaban J connectivity index is 1.81. The minimum Gasteiger partial charge on any atom is -0.455 e. The van der Waals surface area contributed by atoms with Crippen LogP contribution in [-0.4, -0.2) is 71.1 Å². The molecule has 3 fully saturated rings. The first-order valence-corrected chi connectivity index (χ1v) is 14.0. The average Bonchev–Trinajstić information content (AvgIpc) is 2.89. The Morgan fingerprint density at radius 2 is 1.71 bits per heavy atom. The van der Waals surface area contributed by atoms with Gasteiger partial charge in [0.05, 0.1) is 23.5 Å². The van der Waals surface area contributed by atoms with Crippen molar-refractivity contribution in [2.24, 2.45) is 16.7 Å². The standard InChI is InChI=1S/C31H37FO9/c1-16-12-13-31(37)26(40-27(36)19-10-8-7-9-11-19)24-29(6,20(32)14-21-30(24,15-38-21)41-18(3)34)25(35)23(39-17(2)33)22(16)28(31,4)5/h7-11,20-21,23-24,26,37H,12-15H2,1-6H3. The lowest BCUT2D eigenvalue weighted by Gasteiger charge is -2.66. The van der Waals surface area contributed by atoms with E-state index in [-0.39, 0.29) is 25.0 Å². The third kappa shape index (κ3) is 4.08. The second-order valence-electron chi connectivity index (χ2n) is 12.6. The fraction of sp³-hybridized carbons (Fsp3) is 0.613. The van der Waals surface area contributed by atoms with Gasteiger partial charge >= 0.3 is 17.9 Å². The molecule has 0 aromatic heterocycles. The topological polar surface area (TPSA) is 125 Å². The number of esters is 3. The Kier molecular flexibility index (Phi) is 6.97. The summed E-state index contributed by atoms with van der Waals surface area (Å²) in [4.78, 5) is 53.2. The van der Waals surface area contributed by atoms with Crippen molar-refractivity contribution in [1.82, 2.24) is 0 Å². The molecule has 0 spiro atoms. The van der Waals surface area contributed by atoms with Crippen molar-refractivity contribution in [1.29, 1.82) is 0 Å². The molecule has 3 aliphatic carbocycles. The molecule has 8 atom stereocenters.